The van der Waals surface area contributed by atoms with Crippen molar-refractivity contribution in [2.75, 3.05) is 0 Å². The molecular weight excluding hydrogens is 196 g/mol. The van der Waals surface area contributed by atoms with Crippen LogP contribution in [0.1, 0.15) is 52.7 Å². The van der Waals surface area contributed by atoms with E-state index >= 15 is 0 Å². The molecule has 0 saturated carbocycles. The number of benzene rings is 1. The zero-order valence-corrected chi connectivity index (χ0v) is 11.3. The first-order valence-corrected chi connectivity index (χ1v) is 5.96. The summed E-state index contributed by atoms with van der Waals surface area (Å²) in [5, 5.41) is 0. The minimum atomic E-state index is -0.135. The molecule has 0 bridgehead atoms. The highest BCUT2D eigenvalue weighted by atomic mass is 16.5. The first kappa shape index (κ1) is 13.1. The summed E-state index contributed by atoms with van der Waals surface area (Å²) in [4.78, 5) is 0. The molecule has 0 amide bonds. The third-order valence-electron chi connectivity index (χ3n) is 2.44. The lowest BCUT2D eigenvalue weighted by atomic mass is 9.95. The highest BCUT2D eigenvalue weighted by Crippen LogP contribution is 2.30. The van der Waals surface area contributed by atoms with E-state index in [0.717, 1.165) is 12.2 Å². The first-order chi connectivity index (χ1) is 7.35. The average molecular weight is 219 g/mol. The van der Waals surface area contributed by atoms with E-state index < -0.39 is 0 Å². The van der Waals surface area contributed by atoms with Gasteiger partial charge in [-0.15, -0.1) is 0 Å². The number of hydrogen-bond donors (Lipinski definition) is 0. The Bertz CT molecular complexity index is 345. The molecule has 1 aromatic rings. The molecule has 0 unspecified atom stereocenters. The van der Waals surface area contributed by atoms with Gasteiger partial charge in [0.2, 0.25) is 0 Å². The second kappa shape index (κ2) is 4.90. The molecule has 0 aliphatic carbocycles. The van der Waals surface area contributed by atoms with Crippen molar-refractivity contribution in [1.82, 2.24) is 0 Å². The minimum Gasteiger partial charge on any atom is -0.488 e. The van der Waals surface area contributed by atoms with Crippen LogP contribution in [-0.2, 0) is 6.42 Å². The molecule has 1 heteroatoms. The van der Waals surface area contributed by atoms with Crippen LogP contribution in [0.4, 0.5) is 0 Å². The van der Waals surface area contributed by atoms with Crippen LogP contribution in [0.2, 0.25) is 0 Å². The second-order valence-corrected chi connectivity index (χ2v) is 5.35. The minimum absolute atomic E-state index is 0.135. The Morgan fingerprint density at radius 1 is 1.19 bits per heavy atom. The lowest BCUT2D eigenvalue weighted by Gasteiger charge is -2.25. The Morgan fingerprint density at radius 2 is 1.81 bits per heavy atom. The molecule has 0 aromatic heterocycles. The molecular formula is C15H23O. The molecule has 0 aliphatic heterocycles. The van der Waals surface area contributed by atoms with E-state index in [1.807, 2.05) is 0 Å². The van der Waals surface area contributed by atoms with E-state index in [-0.39, 0.29) is 5.60 Å². The van der Waals surface area contributed by atoms with E-state index in [0.29, 0.717) is 0 Å². The highest BCUT2D eigenvalue weighted by Gasteiger charge is 2.16. The molecule has 1 nitrogen and oxygen atoms in total. The smallest absolute Gasteiger partial charge is 0.123 e. The molecule has 0 fully saturated rings. The Morgan fingerprint density at radius 3 is 2.25 bits per heavy atom. The lowest BCUT2D eigenvalue weighted by molar-refractivity contribution is 0.129. The predicted molar refractivity (Wildman–Crippen MR) is 69.9 cm³/mol. The maximum atomic E-state index is 6.00. The summed E-state index contributed by atoms with van der Waals surface area (Å²) in [5.41, 5.74) is 2.51. The van der Waals surface area contributed by atoms with Crippen molar-refractivity contribution in [2.45, 2.75) is 53.6 Å². The van der Waals surface area contributed by atoms with Crippen molar-refractivity contribution in [3.8, 4) is 5.75 Å². The monoisotopic (exact) mass is 219 g/mol. The molecule has 0 aliphatic rings. The van der Waals surface area contributed by atoms with Crippen LogP contribution in [0.25, 0.3) is 0 Å². The Balaban J connectivity index is 3.14. The van der Waals surface area contributed by atoms with Crippen LogP contribution < -0.4 is 4.74 Å². The number of rotatable bonds is 3. The second-order valence-electron chi connectivity index (χ2n) is 5.35. The standard InChI is InChI=1S/C15H23O/c1-7-12-13(11(2)3)9-8-10-14(12)16-15(4,5)6/h8-10H,7H2,1-6H3. The van der Waals surface area contributed by atoms with Crippen LogP contribution in [0.15, 0.2) is 18.2 Å². The summed E-state index contributed by atoms with van der Waals surface area (Å²) < 4.78 is 6.00. The van der Waals surface area contributed by atoms with Gasteiger partial charge in [0.1, 0.15) is 11.4 Å². The van der Waals surface area contributed by atoms with Crippen molar-refractivity contribution in [2.24, 2.45) is 0 Å². The summed E-state index contributed by atoms with van der Waals surface area (Å²) in [5.74, 6) is 2.37. The van der Waals surface area contributed by atoms with Gasteiger partial charge in [-0.25, -0.2) is 0 Å². The summed E-state index contributed by atoms with van der Waals surface area (Å²) >= 11 is 0. The van der Waals surface area contributed by atoms with E-state index in [4.69, 9.17) is 4.74 Å². The maximum Gasteiger partial charge on any atom is 0.123 e. The quantitative estimate of drug-likeness (QED) is 0.732. The fourth-order valence-electron chi connectivity index (χ4n) is 1.82. The van der Waals surface area contributed by atoms with Crippen molar-refractivity contribution >= 4 is 0 Å². The molecule has 0 N–H and O–H groups in total. The van der Waals surface area contributed by atoms with Crippen molar-refractivity contribution in [1.29, 1.82) is 0 Å². The van der Waals surface area contributed by atoms with Crippen LogP contribution in [-0.4, -0.2) is 5.60 Å². The molecule has 1 aromatic carbocycles. The molecule has 0 saturated heterocycles. The van der Waals surface area contributed by atoms with E-state index in [1.54, 1.807) is 0 Å². The van der Waals surface area contributed by atoms with Crippen LogP contribution >= 0.6 is 0 Å². The first-order valence-electron chi connectivity index (χ1n) is 5.96. The van der Waals surface area contributed by atoms with E-state index in [1.165, 1.54) is 17.0 Å². The van der Waals surface area contributed by atoms with Gasteiger partial charge in [-0.05, 0) is 50.3 Å². The Kier molecular flexibility index (Phi) is 4.01. The van der Waals surface area contributed by atoms with Gasteiger partial charge in [0.15, 0.2) is 0 Å². The van der Waals surface area contributed by atoms with Gasteiger partial charge >= 0.3 is 0 Å². The maximum absolute atomic E-state index is 6.00. The predicted octanol–water partition coefficient (Wildman–Crippen LogP) is 4.39. The normalized spacial score (nSPS) is 11.9. The molecule has 1 radical (unpaired) electrons. The largest absolute Gasteiger partial charge is 0.488 e. The molecule has 89 valence electrons. The Hall–Kier alpha value is -0.980. The van der Waals surface area contributed by atoms with E-state index in [9.17, 15) is 0 Å². The third-order valence-corrected chi connectivity index (χ3v) is 2.44. The molecule has 0 atom stereocenters. The number of hydrogen-bond acceptors (Lipinski definition) is 1. The van der Waals surface area contributed by atoms with Crippen LogP contribution in [0, 0.1) is 5.92 Å². The van der Waals surface area contributed by atoms with Gasteiger partial charge in [-0.1, -0.05) is 32.9 Å². The average Bonchev–Trinajstić information content (AvgIpc) is 2.14. The summed E-state index contributed by atoms with van der Waals surface area (Å²) in [7, 11) is 0. The summed E-state index contributed by atoms with van der Waals surface area (Å²) in [6.07, 6.45) is 1.01. The van der Waals surface area contributed by atoms with Crippen LogP contribution in [0.5, 0.6) is 5.75 Å². The van der Waals surface area contributed by atoms with Crippen molar-refractivity contribution in [3.63, 3.8) is 0 Å². The van der Waals surface area contributed by atoms with Gasteiger partial charge in [0.05, 0.1) is 0 Å². The summed E-state index contributed by atoms with van der Waals surface area (Å²) in [6.45, 7) is 12.7. The highest BCUT2D eigenvalue weighted by molar-refractivity contribution is 5.46. The zero-order valence-electron chi connectivity index (χ0n) is 11.3. The Labute approximate surface area is 99.8 Å². The van der Waals surface area contributed by atoms with Crippen molar-refractivity contribution < 1.29 is 4.74 Å². The SMILES string of the molecule is CCc1c(OC(C)(C)C)cccc1[C](C)C. The topological polar surface area (TPSA) is 9.23 Å². The van der Waals surface area contributed by atoms with Gasteiger partial charge < -0.3 is 4.74 Å². The van der Waals surface area contributed by atoms with Crippen molar-refractivity contribution in [3.05, 3.63) is 35.2 Å². The molecule has 16 heavy (non-hydrogen) atoms. The van der Waals surface area contributed by atoms with Gasteiger partial charge in [-0.2, -0.15) is 0 Å². The van der Waals surface area contributed by atoms with Gasteiger partial charge in [0.25, 0.3) is 0 Å². The molecule has 1 rings (SSSR count). The third kappa shape index (κ3) is 3.26. The lowest BCUT2D eigenvalue weighted by Crippen LogP contribution is -2.24. The zero-order chi connectivity index (χ0) is 12.3. The molecule has 0 heterocycles. The van der Waals surface area contributed by atoms with Crippen LogP contribution in [0.3, 0.4) is 0 Å². The van der Waals surface area contributed by atoms with Gasteiger partial charge in [-0.3, -0.25) is 0 Å². The fraction of sp³-hybridized carbons (Fsp3) is 0.533. The van der Waals surface area contributed by atoms with Gasteiger partial charge in [0, 0.05) is 0 Å². The number of ether oxygens (including phenoxy) is 1. The van der Waals surface area contributed by atoms with E-state index in [2.05, 4.69) is 59.7 Å². The fourth-order valence-corrected chi connectivity index (χ4v) is 1.82. The summed E-state index contributed by atoms with van der Waals surface area (Å²) in [6, 6.07) is 6.31. The molecule has 0 spiro atoms.